The number of aliphatic hydroxyl groups is 1. The molecule has 0 spiro atoms. The number of nitrogens with one attached hydrogen (secondary N) is 1. The van der Waals surface area contributed by atoms with Crippen molar-refractivity contribution in [2.45, 2.75) is 39.2 Å². The van der Waals surface area contributed by atoms with Crippen molar-refractivity contribution >= 4 is 10.2 Å². The second kappa shape index (κ2) is 6.13. The van der Waals surface area contributed by atoms with Crippen molar-refractivity contribution in [3.8, 4) is 0 Å². The predicted molar refractivity (Wildman–Crippen MR) is 67.7 cm³/mol. The van der Waals surface area contributed by atoms with Gasteiger partial charge in [0.2, 0.25) is 0 Å². The lowest BCUT2D eigenvalue weighted by atomic mass is 9.97. The van der Waals surface area contributed by atoms with Gasteiger partial charge in [0.05, 0.1) is 0 Å². The summed E-state index contributed by atoms with van der Waals surface area (Å²) < 4.78 is 27.7. The largest absolute Gasteiger partial charge is 0.396 e. The SMILES string of the molecule is CC(C)N(C)S(=O)(=O)NCC1CCCC1CO. The molecule has 0 aromatic carbocycles. The van der Waals surface area contributed by atoms with E-state index in [1.54, 1.807) is 7.05 Å². The highest BCUT2D eigenvalue weighted by molar-refractivity contribution is 7.87. The zero-order valence-electron chi connectivity index (χ0n) is 10.9. The molecule has 2 atom stereocenters. The summed E-state index contributed by atoms with van der Waals surface area (Å²) in [6.45, 7) is 4.27. The van der Waals surface area contributed by atoms with Crippen LogP contribution in [0.15, 0.2) is 0 Å². The fraction of sp³-hybridized carbons (Fsp3) is 1.00. The highest BCUT2D eigenvalue weighted by Crippen LogP contribution is 2.30. The van der Waals surface area contributed by atoms with E-state index < -0.39 is 10.2 Å². The number of hydrogen-bond donors (Lipinski definition) is 2. The molecule has 1 aliphatic rings. The Labute approximate surface area is 104 Å². The van der Waals surface area contributed by atoms with E-state index in [-0.39, 0.29) is 24.5 Å². The highest BCUT2D eigenvalue weighted by Gasteiger charge is 2.29. The molecule has 5 nitrogen and oxygen atoms in total. The van der Waals surface area contributed by atoms with Gasteiger partial charge in [0.1, 0.15) is 0 Å². The summed E-state index contributed by atoms with van der Waals surface area (Å²) >= 11 is 0. The van der Waals surface area contributed by atoms with Crippen molar-refractivity contribution in [3.05, 3.63) is 0 Å². The van der Waals surface area contributed by atoms with Crippen molar-refractivity contribution in [2.75, 3.05) is 20.2 Å². The zero-order valence-corrected chi connectivity index (χ0v) is 11.7. The van der Waals surface area contributed by atoms with E-state index in [2.05, 4.69) is 4.72 Å². The molecule has 0 aromatic heterocycles. The van der Waals surface area contributed by atoms with Crippen LogP contribution in [0.2, 0.25) is 0 Å². The Morgan fingerprint density at radius 3 is 2.47 bits per heavy atom. The lowest BCUT2D eigenvalue weighted by molar-refractivity contribution is 0.195. The molecule has 1 aliphatic carbocycles. The maximum Gasteiger partial charge on any atom is 0.279 e. The van der Waals surface area contributed by atoms with Gasteiger partial charge < -0.3 is 5.11 Å². The molecule has 0 amide bonds. The normalized spacial score (nSPS) is 26.0. The van der Waals surface area contributed by atoms with Gasteiger partial charge in [-0.05, 0) is 38.5 Å². The molecular weight excluding hydrogens is 240 g/mol. The van der Waals surface area contributed by atoms with Gasteiger partial charge in [-0.1, -0.05) is 6.42 Å². The van der Waals surface area contributed by atoms with Crippen LogP contribution >= 0.6 is 0 Å². The number of aliphatic hydroxyl groups excluding tert-OH is 1. The Morgan fingerprint density at radius 2 is 1.94 bits per heavy atom. The van der Waals surface area contributed by atoms with Crippen molar-refractivity contribution in [2.24, 2.45) is 11.8 Å². The van der Waals surface area contributed by atoms with Crippen LogP contribution in [0.4, 0.5) is 0 Å². The molecule has 17 heavy (non-hydrogen) atoms. The molecule has 1 saturated carbocycles. The summed E-state index contributed by atoms with van der Waals surface area (Å²) in [5.41, 5.74) is 0. The topological polar surface area (TPSA) is 69.6 Å². The van der Waals surface area contributed by atoms with E-state index in [1.165, 1.54) is 4.31 Å². The minimum absolute atomic E-state index is 0.0512. The number of hydrogen-bond acceptors (Lipinski definition) is 3. The molecule has 2 unspecified atom stereocenters. The van der Waals surface area contributed by atoms with Crippen molar-refractivity contribution < 1.29 is 13.5 Å². The van der Waals surface area contributed by atoms with Crippen molar-refractivity contribution in [1.29, 1.82) is 0 Å². The van der Waals surface area contributed by atoms with Gasteiger partial charge in [0, 0.05) is 26.2 Å². The van der Waals surface area contributed by atoms with Crippen molar-refractivity contribution in [3.63, 3.8) is 0 Å². The second-order valence-corrected chi connectivity index (χ2v) is 6.91. The van der Waals surface area contributed by atoms with Crippen LogP contribution < -0.4 is 4.72 Å². The van der Waals surface area contributed by atoms with E-state index >= 15 is 0 Å². The number of rotatable bonds is 6. The van der Waals surface area contributed by atoms with E-state index in [9.17, 15) is 13.5 Å². The summed E-state index contributed by atoms with van der Waals surface area (Å²) in [7, 11) is -1.80. The molecule has 0 radical (unpaired) electrons. The monoisotopic (exact) mass is 264 g/mol. The van der Waals surface area contributed by atoms with Gasteiger partial charge in [-0.15, -0.1) is 0 Å². The quantitative estimate of drug-likeness (QED) is 0.737. The van der Waals surface area contributed by atoms with E-state index in [0.29, 0.717) is 6.54 Å². The minimum Gasteiger partial charge on any atom is -0.396 e. The van der Waals surface area contributed by atoms with Gasteiger partial charge in [-0.25, -0.2) is 4.72 Å². The predicted octanol–water partition coefficient (Wildman–Crippen LogP) is 0.570. The highest BCUT2D eigenvalue weighted by atomic mass is 32.2. The van der Waals surface area contributed by atoms with Gasteiger partial charge in [-0.3, -0.25) is 0 Å². The molecule has 0 aromatic rings. The molecular formula is C11H24N2O3S. The Kier molecular flexibility index (Phi) is 5.37. The maximum atomic E-state index is 11.9. The van der Waals surface area contributed by atoms with Crippen molar-refractivity contribution in [1.82, 2.24) is 9.03 Å². The molecule has 0 saturated heterocycles. The van der Waals surface area contributed by atoms with Crippen LogP contribution in [-0.2, 0) is 10.2 Å². The van der Waals surface area contributed by atoms with Crippen LogP contribution in [0.5, 0.6) is 0 Å². The first kappa shape index (κ1) is 14.9. The molecule has 2 N–H and O–H groups in total. The fourth-order valence-electron chi connectivity index (χ4n) is 2.21. The summed E-state index contributed by atoms with van der Waals surface area (Å²) in [4.78, 5) is 0. The van der Waals surface area contributed by atoms with Gasteiger partial charge >= 0.3 is 0 Å². The van der Waals surface area contributed by atoms with Gasteiger partial charge in [0.15, 0.2) is 0 Å². The van der Waals surface area contributed by atoms with Gasteiger partial charge in [0.25, 0.3) is 10.2 Å². The second-order valence-electron chi connectivity index (χ2n) is 5.10. The lowest BCUT2D eigenvalue weighted by Crippen LogP contribution is -2.44. The third kappa shape index (κ3) is 3.91. The molecule has 0 aliphatic heterocycles. The maximum absolute atomic E-state index is 11.9. The average molecular weight is 264 g/mol. The summed E-state index contributed by atoms with van der Waals surface area (Å²) in [6.07, 6.45) is 3.08. The fourth-order valence-corrected chi connectivity index (χ4v) is 3.40. The summed E-state index contributed by atoms with van der Waals surface area (Å²) in [6, 6.07) is -0.0512. The first-order valence-electron chi connectivity index (χ1n) is 6.22. The van der Waals surface area contributed by atoms with Crippen LogP contribution in [-0.4, -0.2) is 44.1 Å². The first-order valence-corrected chi connectivity index (χ1v) is 7.66. The smallest absolute Gasteiger partial charge is 0.279 e. The molecule has 0 bridgehead atoms. The Morgan fingerprint density at radius 1 is 1.35 bits per heavy atom. The average Bonchev–Trinajstić information content (AvgIpc) is 2.72. The molecule has 102 valence electrons. The Hall–Kier alpha value is -0.170. The van der Waals surface area contributed by atoms with Crippen LogP contribution in [0, 0.1) is 11.8 Å². The van der Waals surface area contributed by atoms with E-state index in [4.69, 9.17) is 0 Å². The first-order chi connectivity index (χ1) is 7.88. The standard InChI is InChI=1S/C11H24N2O3S/c1-9(2)13(3)17(15,16)12-7-10-5-4-6-11(10)8-14/h9-12,14H,4-8H2,1-3H3. The van der Waals surface area contributed by atoms with Gasteiger partial charge in [-0.2, -0.15) is 12.7 Å². The molecule has 6 heteroatoms. The molecule has 1 fully saturated rings. The lowest BCUT2D eigenvalue weighted by Gasteiger charge is -2.24. The van der Waals surface area contributed by atoms with Crippen LogP contribution in [0.25, 0.3) is 0 Å². The minimum atomic E-state index is -3.38. The summed E-state index contributed by atoms with van der Waals surface area (Å²) in [5, 5.41) is 9.18. The van der Waals surface area contributed by atoms with E-state index in [0.717, 1.165) is 19.3 Å². The Bertz CT molecular complexity index is 330. The van der Waals surface area contributed by atoms with E-state index in [1.807, 2.05) is 13.8 Å². The van der Waals surface area contributed by atoms with Crippen LogP contribution in [0.3, 0.4) is 0 Å². The third-order valence-corrected chi connectivity index (χ3v) is 5.40. The zero-order chi connectivity index (χ0) is 13.1. The summed E-state index contributed by atoms with van der Waals surface area (Å²) in [5.74, 6) is 0.525. The number of nitrogens with zero attached hydrogens (tertiary/aromatic N) is 1. The third-order valence-electron chi connectivity index (χ3n) is 3.69. The van der Waals surface area contributed by atoms with Crippen LogP contribution in [0.1, 0.15) is 33.1 Å². The molecule has 0 heterocycles. The molecule has 1 rings (SSSR count). The Balaban J connectivity index is 2.50.